The summed E-state index contributed by atoms with van der Waals surface area (Å²) in [6.45, 7) is 1.06. The van der Waals surface area contributed by atoms with Gasteiger partial charge in [0.1, 0.15) is 12.7 Å². The van der Waals surface area contributed by atoms with E-state index in [0.29, 0.717) is 29.4 Å². The fraction of sp³-hybridized carbons (Fsp3) is 0.238. The Balaban J connectivity index is 1.38. The number of benzene rings is 2. The van der Waals surface area contributed by atoms with Gasteiger partial charge in [0, 0.05) is 29.4 Å². The molecule has 0 radical (unpaired) electrons. The van der Waals surface area contributed by atoms with Crippen LogP contribution in [0.4, 0.5) is 5.69 Å². The van der Waals surface area contributed by atoms with Crippen LogP contribution in [0.1, 0.15) is 23.2 Å². The summed E-state index contributed by atoms with van der Waals surface area (Å²) in [5.41, 5.74) is 2.15. The molecule has 1 aliphatic rings. The number of carbonyl (C=O) groups excluding carboxylic acids is 2. The molecule has 7 nitrogen and oxygen atoms in total. The Kier molecular flexibility index (Phi) is 5.57. The Morgan fingerprint density at radius 2 is 1.83 bits per heavy atom. The number of hydrogen-bond donors (Lipinski definition) is 1. The van der Waals surface area contributed by atoms with Gasteiger partial charge in [0.25, 0.3) is 5.91 Å². The van der Waals surface area contributed by atoms with Gasteiger partial charge < -0.3 is 10.2 Å². The molecular formula is C21H20ClN5O2. The second-order valence-electron chi connectivity index (χ2n) is 6.97. The van der Waals surface area contributed by atoms with E-state index in [1.54, 1.807) is 40.2 Å². The highest BCUT2D eigenvalue weighted by Crippen LogP contribution is 2.22. The van der Waals surface area contributed by atoms with Gasteiger partial charge in [-0.2, -0.15) is 5.10 Å². The van der Waals surface area contributed by atoms with Crippen LogP contribution in [-0.2, 0) is 4.79 Å². The summed E-state index contributed by atoms with van der Waals surface area (Å²) in [4.78, 5) is 31.1. The Morgan fingerprint density at radius 3 is 2.52 bits per heavy atom. The summed E-state index contributed by atoms with van der Waals surface area (Å²) < 4.78 is 1.65. The number of halogens is 1. The van der Waals surface area contributed by atoms with Gasteiger partial charge in [-0.15, -0.1) is 0 Å². The summed E-state index contributed by atoms with van der Waals surface area (Å²) in [5.74, 6) is -0.390. The molecule has 1 N–H and O–H groups in total. The summed E-state index contributed by atoms with van der Waals surface area (Å²) >= 11 is 5.90. The summed E-state index contributed by atoms with van der Waals surface area (Å²) in [6, 6.07) is 14.2. The normalized spacial score (nSPS) is 16.4. The van der Waals surface area contributed by atoms with E-state index in [1.165, 1.54) is 6.33 Å². The molecule has 2 aromatic carbocycles. The average molecular weight is 410 g/mol. The largest absolute Gasteiger partial charge is 0.338 e. The Hall–Kier alpha value is -3.19. The predicted molar refractivity (Wildman–Crippen MR) is 110 cm³/mol. The molecule has 3 aromatic rings. The maximum Gasteiger partial charge on any atom is 0.253 e. The lowest BCUT2D eigenvalue weighted by molar-refractivity contribution is -0.121. The lowest BCUT2D eigenvalue weighted by atomic mass is 9.96. The van der Waals surface area contributed by atoms with Crippen LogP contribution in [0.3, 0.4) is 0 Å². The molecule has 1 unspecified atom stereocenters. The van der Waals surface area contributed by atoms with E-state index in [9.17, 15) is 9.59 Å². The van der Waals surface area contributed by atoms with E-state index in [1.807, 2.05) is 24.3 Å². The first-order chi connectivity index (χ1) is 14.1. The molecule has 29 heavy (non-hydrogen) atoms. The third-order valence-electron chi connectivity index (χ3n) is 4.99. The zero-order valence-corrected chi connectivity index (χ0v) is 16.4. The Bertz CT molecular complexity index is 987. The molecule has 148 valence electrons. The molecule has 0 aliphatic carbocycles. The number of piperidine rings is 1. The molecule has 0 spiro atoms. The van der Waals surface area contributed by atoms with Crippen LogP contribution in [0.5, 0.6) is 0 Å². The number of anilines is 1. The van der Waals surface area contributed by atoms with Crippen molar-refractivity contribution in [2.75, 3.05) is 18.4 Å². The lowest BCUT2D eigenvalue weighted by Crippen LogP contribution is -2.43. The van der Waals surface area contributed by atoms with Crippen molar-refractivity contribution in [3.8, 4) is 5.69 Å². The first-order valence-corrected chi connectivity index (χ1v) is 9.79. The Labute approximate surface area is 173 Å². The van der Waals surface area contributed by atoms with E-state index in [-0.39, 0.29) is 17.7 Å². The van der Waals surface area contributed by atoms with Crippen molar-refractivity contribution < 1.29 is 9.59 Å². The van der Waals surface area contributed by atoms with Crippen molar-refractivity contribution in [2.24, 2.45) is 5.92 Å². The van der Waals surface area contributed by atoms with E-state index in [4.69, 9.17) is 11.6 Å². The smallest absolute Gasteiger partial charge is 0.253 e. The molecule has 0 bridgehead atoms. The third kappa shape index (κ3) is 4.46. The Morgan fingerprint density at radius 1 is 1.07 bits per heavy atom. The van der Waals surface area contributed by atoms with Crippen molar-refractivity contribution in [1.29, 1.82) is 0 Å². The summed E-state index contributed by atoms with van der Waals surface area (Å²) in [5, 5.41) is 7.62. The maximum absolute atomic E-state index is 12.7. The number of amides is 2. The molecule has 1 aromatic heterocycles. The van der Waals surface area contributed by atoms with Gasteiger partial charge in [-0.1, -0.05) is 11.6 Å². The predicted octanol–water partition coefficient (Wildman–Crippen LogP) is 3.41. The lowest BCUT2D eigenvalue weighted by Gasteiger charge is -2.32. The summed E-state index contributed by atoms with van der Waals surface area (Å²) in [6.07, 6.45) is 4.63. The fourth-order valence-electron chi connectivity index (χ4n) is 3.43. The zero-order valence-electron chi connectivity index (χ0n) is 15.7. The third-order valence-corrected chi connectivity index (χ3v) is 5.24. The van der Waals surface area contributed by atoms with Gasteiger partial charge in [-0.25, -0.2) is 9.67 Å². The van der Waals surface area contributed by atoms with Gasteiger partial charge in [0.15, 0.2) is 0 Å². The molecule has 2 heterocycles. The molecule has 4 rings (SSSR count). The van der Waals surface area contributed by atoms with Gasteiger partial charge in [-0.3, -0.25) is 9.59 Å². The topological polar surface area (TPSA) is 80.1 Å². The number of aromatic nitrogens is 3. The van der Waals surface area contributed by atoms with Crippen molar-refractivity contribution in [3.63, 3.8) is 0 Å². The standard InChI is InChI=1S/C21H20ClN5O2/c22-17-5-3-15(4-6-17)21(29)26-11-1-2-16(12-26)20(28)25-18-7-9-19(10-8-18)27-14-23-13-24-27/h3-10,13-14,16H,1-2,11-12H2,(H,25,28). The highest BCUT2D eigenvalue weighted by Gasteiger charge is 2.29. The van der Waals surface area contributed by atoms with Crippen LogP contribution in [0.2, 0.25) is 5.02 Å². The number of carbonyl (C=O) groups is 2. The number of rotatable bonds is 4. The zero-order chi connectivity index (χ0) is 20.2. The minimum absolute atomic E-state index is 0.0728. The molecule has 8 heteroatoms. The van der Waals surface area contributed by atoms with Crippen LogP contribution in [0.25, 0.3) is 5.69 Å². The van der Waals surface area contributed by atoms with Crippen molar-refractivity contribution in [2.45, 2.75) is 12.8 Å². The molecule has 1 fully saturated rings. The maximum atomic E-state index is 12.7. The minimum atomic E-state index is -0.241. The number of likely N-dealkylation sites (tertiary alicyclic amines) is 1. The molecule has 1 aliphatic heterocycles. The first kappa shape index (κ1) is 19.1. The quantitative estimate of drug-likeness (QED) is 0.716. The van der Waals surface area contributed by atoms with Crippen molar-refractivity contribution in [1.82, 2.24) is 19.7 Å². The van der Waals surface area contributed by atoms with Crippen LogP contribution < -0.4 is 5.32 Å². The van der Waals surface area contributed by atoms with Crippen LogP contribution in [-0.4, -0.2) is 44.6 Å². The van der Waals surface area contributed by atoms with Gasteiger partial charge in [0.2, 0.25) is 5.91 Å². The van der Waals surface area contributed by atoms with Crippen LogP contribution in [0, 0.1) is 5.92 Å². The monoisotopic (exact) mass is 409 g/mol. The number of nitrogens with zero attached hydrogens (tertiary/aromatic N) is 4. The van der Waals surface area contributed by atoms with Gasteiger partial charge in [-0.05, 0) is 61.4 Å². The van der Waals surface area contributed by atoms with E-state index < -0.39 is 0 Å². The highest BCUT2D eigenvalue weighted by molar-refractivity contribution is 6.30. The number of hydrogen-bond acceptors (Lipinski definition) is 4. The van der Waals surface area contributed by atoms with Crippen LogP contribution in [0.15, 0.2) is 61.2 Å². The van der Waals surface area contributed by atoms with Crippen molar-refractivity contribution in [3.05, 3.63) is 71.8 Å². The second-order valence-corrected chi connectivity index (χ2v) is 7.41. The van der Waals surface area contributed by atoms with Gasteiger partial charge in [0.05, 0.1) is 11.6 Å². The molecule has 1 atom stereocenters. The first-order valence-electron chi connectivity index (χ1n) is 9.41. The summed E-state index contributed by atoms with van der Waals surface area (Å²) in [7, 11) is 0. The van der Waals surface area contributed by atoms with E-state index >= 15 is 0 Å². The van der Waals surface area contributed by atoms with E-state index in [2.05, 4.69) is 15.4 Å². The molecule has 2 amide bonds. The fourth-order valence-corrected chi connectivity index (χ4v) is 3.56. The van der Waals surface area contributed by atoms with Crippen LogP contribution >= 0.6 is 11.6 Å². The molecule has 1 saturated heterocycles. The number of nitrogens with one attached hydrogen (secondary N) is 1. The highest BCUT2D eigenvalue weighted by atomic mass is 35.5. The van der Waals surface area contributed by atoms with Gasteiger partial charge >= 0.3 is 0 Å². The minimum Gasteiger partial charge on any atom is -0.338 e. The molecule has 0 saturated carbocycles. The molecular weight excluding hydrogens is 390 g/mol. The SMILES string of the molecule is O=C(Nc1ccc(-n2cncn2)cc1)C1CCCN(C(=O)c2ccc(Cl)cc2)C1. The van der Waals surface area contributed by atoms with E-state index in [0.717, 1.165) is 18.5 Å². The second kappa shape index (κ2) is 8.45. The van der Waals surface area contributed by atoms with Crippen molar-refractivity contribution >= 4 is 29.1 Å². The average Bonchev–Trinajstić information content (AvgIpc) is 3.29.